The normalized spacial score (nSPS) is 16.6. The van der Waals surface area contributed by atoms with Crippen LogP contribution in [-0.4, -0.2) is 34.0 Å². The molecule has 0 radical (unpaired) electrons. The van der Waals surface area contributed by atoms with Gasteiger partial charge in [-0.2, -0.15) is 0 Å². The van der Waals surface area contributed by atoms with Crippen LogP contribution in [0, 0.1) is 0 Å². The van der Waals surface area contributed by atoms with Gasteiger partial charge in [-0.25, -0.2) is 9.59 Å². The highest BCUT2D eigenvalue weighted by Gasteiger charge is 2.33. The van der Waals surface area contributed by atoms with E-state index in [9.17, 15) is 14.4 Å². The summed E-state index contributed by atoms with van der Waals surface area (Å²) in [5, 5.41) is 8.46. The molecule has 0 atom stereocenters. The molecule has 78 valence electrons. The lowest BCUT2D eigenvalue weighted by molar-refractivity contribution is -0.155. The molecule has 6 nitrogen and oxygen atoms in total. The fourth-order valence-electron chi connectivity index (χ4n) is 1.71. The maximum Gasteiger partial charge on any atom is 0.395 e. The molecule has 0 saturated heterocycles. The summed E-state index contributed by atoms with van der Waals surface area (Å²) in [6, 6.07) is -1.32. The number of nitrogens with zero attached hydrogens (tertiary/aromatic N) is 1. The number of aliphatic carboxylic acids is 1. The van der Waals surface area contributed by atoms with Crippen molar-refractivity contribution < 1.29 is 19.5 Å². The fraction of sp³-hybridized carbons (Fsp3) is 0.625. The lowest BCUT2D eigenvalue weighted by Crippen LogP contribution is -2.49. The summed E-state index contributed by atoms with van der Waals surface area (Å²) in [6.07, 6.45) is 3.06. The first-order valence-corrected chi connectivity index (χ1v) is 4.40. The van der Waals surface area contributed by atoms with Gasteiger partial charge in [-0.05, 0) is 12.8 Å². The van der Waals surface area contributed by atoms with Gasteiger partial charge in [-0.1, -0.05) is 12.8 Å². The van der Waals surface area contributed by atoms with Crippen LogP contribution in [0.25, 0.3) is 0 Å². The van der Waals surface area contributed by atoms with Gasteiger partial charge in [0.25, 0.3) is 0 Å². The van der Waals surface area contributed by atoms with Crippen LogP contribution in [0.1, 0.15) is 25.7 Å². The molecule has 3 amide bonds. The summed E-state index contributed by atoms with van der Waals surface area (Å²) in [4.78, 5) is 33.0. The monoisotopic (exact) mass is 200 g/mol. The van der Waals surface area contributed by atoms with Crippen LogP contribution in [-0.2, 0) is 9.59 Å². The molecule has 3 N–H and O–H groups in total. The first-order valence-electron chi connectivity index (χ1n) is 4.40. The van der Waals surface area contributed by atoms with Gasteiger partial charge >= 0.3 is 17.9 Å². The average molecular weight is 200 g/mol. The van der Waals surface area contributed by atoms with E-state index in [1.165, 1.54) is 0 Å². The summed E-state index contributed by atoms with van der Waals surface area (Å²) >= 11 is 0. The minimum absolute atomic E-state index is 0.337. The topological polar surface area (TPSA) is 101 Å². The maximum atomic E-state index is 11.1. The zero-order valence-electron chi connectivity index (χ0n) is 7.60. The SMILES string of the molecule is NC(=O)N(C(=O)C(=O)O)C1CCCC1. The number of amides is 3. The second-order valence-corrected chi connectivity index (χ2v) is 3.26. The van der Waals surface area contributed by atoms with Crippen molar-refractivity contribution in [2.45, 2.75) is 31.7 Å². The molecule has 0 aromatic carbocycles. The van der Waals surface area contributed by atoms with Crippen LogP contribution < -0.4 is 5.73 Å². The predicted molar refractivity (Wildman–Crippen MR) is 46.3 cm³/mol. The van der Waals surface area contributed by atoms with E-state index in [1.807, 2.05) is 0 Å². The van der Waals surface area contributed by atoms with E-state index in [1.54, 1.807) is 0 Å². The second kappa shape index (κ2) is 4.08. The minimum atomic E-state index is -1.64. The molecule has 0 spiro atoms. The molecule has 0 aromatic rings. The Morgan fingerprint density at radius 1 is 1.21 bits per heavy atom. The van der Waals surface area contributed by atoms with Crippen LogP contribution in [0.2, 0.25) is 0 Å². The molecule has 1 fully saturated rings. The molecule has 0 aliphatic heterocycles. The van der Waals surface area contributed by atoms with E-state index in [0.29, 0.717) is 17.7 Å². The van der Waals surface area contributed by atoms with Crippen LogP contribution in [0.4, 0.5) is 4.79 Å². The van der Waals surface area contributed by atoms with E-state index in [-0.39, 0.29) is 6.04 Å². The van der Waals surface area contributed by atoms with Crippen molar-refractivity contribution in [1.82, 2.24) is 4.90 Å². The number of carbonyl (C=O) groups is 3. The lowest BCUT2D eigenvalue weighted by Gasteiger charge is -2.22. The molecule has 0 unspecified atom stereocenters. The van der Waals surface area contributed by atoms with Crippen molar-refractivity contribution >= 4 is 17.9 Å². The van der Waals surface area contributed by atoms with Gasteiger partial charge in [0.15, 0.2) is 0 Å². The van der Waals surface area contributed by atoms with Crippen molar-refractivity contribution in [3.05, 3.63) is 0 Å². The third kappa shape index (κ3) is 2.01. The lowest BCUT2D eigenvalue weighted by atomic mass is 10.2. The highest BCUT2D eigenvalue weighted by atomic mass is 16.4. The van der Waals surface area contributed by atoms with E-state index in [0.717, 1.165) is 12.8 Å². The van der Waals surface area contributed by atoms with Crippen molar-refractivity contribution in [2.75, 3.05) is 0 Å². The summed E-state index contributed by atoms with van der Waals surface area (Å²) in [5.41, 5.74) is 4.96. The van der Waals surface area contributed by atoms with Crippen LogP contribution in [0.3, 0.4) is 0 Å². The maximum absolute atomic E-state index is 11.1. The third-order valence-electron chi connectivity index (χ3n) is 2.33. The quantitative estimate of drug-likeness (QED) is 0.578. The molecule has 0 heterocycles. The number of carbonyl (C=O) groups excluding carboxylic acids is 2. The Hall–Kier alpha value is -1.59. The van der Waals surface area contributed by atoms with Gasteiger partial charge in [0, 0.05) is 6.04 Å². The molecule has 1 rings (SSSR count). The molecule has 1 aliphatic carbocycles. The predicted octanol–water partition coefficient (Wildman–Crippen LogP) is -0.0791. The van der Waals surface area contributed by atoms with Gasteiger partial charge in [0.2, 0.25) is 0 Å². The highest BCUT2D eigenvalue weighted by Crippen LogP contribution is 2.23. The first-order chi connectivity index (χ1) is 6.54. The molecule has 1 saturated carbocycles. The number of carboxylic acid groups (broad SMARTS) is 1. The number of hydrogen-bond acceptors (Lipinski definition) is 3. The molecule has 14 heavy (non-hydrogen) atoms. The minimum Gasteiger partial charge on any atom is -0.474 e. The Morgan fingerprint density at radius 2 is 1.71 bits per heavy atom. The van der Waals surface area contributed by atoms with Crippen molar-refractivity contribution in [2.24, 2.45) is 5.73 Å². The van der Waals surface area contributed by atoms with Gasteiger partial charge in [0.1, 0.15) is 0 Å². The van der Waals surface area contributed by atoms with Crippen LogP contribution >= 0.6 is 0 Å². The van der Waals surface area contributed by atoms with E-state index in [4.69, 9.17) is 10.8 Å². The summed E-state index contributed by atoms with van der Waals surface area (Å²) in [5.74, 6) is -2.87. The standard InChI is InChI=1S/C8H12N2O4/c9-8(14)10(6(11)7(12)13)5-3-1-2-4-5/h5H,1-4H2,(H2,9,14)(H,12,13). The largest absolute Gasteiger partial charge is 0.474 e. The molecular formula is C8H12N2O4. The Bertz CT molecular complexity index is 271. The highest BCUT2D eigenvalue weighted by molar-refractivity contribution is 6.34. The van der Waals surface area contributed by atoms with Gasteiger partial charge in [-0.15, -0.1) is 0 Å². The first kappa shape index (κ1) is 10.5. The molecule has 1 aliphatic rings. The number of rotatable bonds is 1. The van der Waals surface area contributed by atoms with E-state index >= 15 is 0 Å². The molecule has 0 bridgehead atoms. The Kier molecular flexibility index (Phi) is 3.06. The summed E-state index contributed by atoms with van der Waals surface area (Å²) in [7, 11) is 0. The van der Waals surface area contributed by atoms with Crippen molar-refractivity contribution in [3.8, 4) is 0 Å². The van der Waals surface area contributed by atoms with Crippen molar-refractivity contribution in [1.29, 1.82) is 0 Å². The van der Waals surface area contributed by atoms with Gasteiger partial charge in [0.05, 0.1) is 0 Å². The molecular weight excluding hydrogens is 188 g/mol. The Balaban J connectivity index is 2.77. The van der Waals surface area contributed by atoms with Gasteiger partial charge in [-0.3, -0.25) is 9.69 Å². The number of nitrogens with two attached hydrogens (primary N) is 1. The second-order valence-electron chi connectivity index (χ2n) is 3.26. The number of imide groups is 1. The van der Waals surface area contributed by atoms with Gasteiger partial charge < -0.3 is 10.8 Å². The third-order valence-corrected chi connectivity index (χ3v) is 2.33. The number of hydrogen-bond donors (Lipinski definition) is 2. The molecule has 6 heteroatoms. The van der Waals surface area contributed by atoms with E-state index < -0.39 is 17.9 Å². The number of primary amides is 1. The smallest absolute Gasteiger partial charge is 0.395 e. The zero-order valence-corrected chi connectivity index (χ0v) is 7.60. The van der Waals surface area contributed by atoms with Crippen molar-refractivity contribution in [3.63, 3.8) is 0 Å². The average Bonchev–Trinajstić information content (AvgIpc) is 2.56. The zero-order chi connectivity index (χ0) is 10.7. The summed E-state index contributed by atoms with van der Waals surface area (Å²) < 4.78 is 0. The fourth-order valence-corrected chi connectivity index (χ4v) is 1.71. The van der Waals surface area contributed by atoms with Crippen LogP contribution in [0.15, 0.2) is 0 Å². The number of carboxylic acids is 1. The molecule has 0 aromatic heterocycles. The van der Waals surface area contributed by atoms with Crippen LogP contribution in [0.5, 0.6) is 0 Å². The Morgan fingerprint density at radius 3 is 2.07 bits per heavy atom. The van der Waals surface area contributed by atoms with E-state index in [2.05, 4.69) is 0 Å². The summed E-state index contributed by atoms with van der Waals surface area (Å²) in [6.45, 7) is 0. The Labute approximate surface area is 80.7 Å². The number of urea groups is 1.